The molecule has 0 saturated carbocycles. The van der Waals surface area contributed by atoms with Crippen LogP contribution in [0.4, 0.5) is 0 Å². The third kappa shape index (κ3) is 4.63. The topological polar surface area (TPSA) is 62.6 Å². The van der Waals surface area contributed by atoms with Gasteiger partial charge in [-0.25, -0.2) is 0 Å². The minimum absolute atomic E-state index is 0.0222. The number of carbonyl (C=O) groups is 2. The van der Waals surface area contributed by atoms with Crippen molar-refractivity contribution in [2.75, 3.05) is 13.1 Å². The molecule has 1 aliphatic heterocycles. The second-order valence-electron chi connectivity index (χ2n) is 7.48. The minimum Gasteiger partial charge on any atom is -0.451 e. The van der Waals surface area contributed by atoms with Crippen molar-refractivity contribution in [1.29, 1.82) is 0 Å². The van der Waals surface area contributed by atoms with Crippen LogP contribution in [-0.4, -0.2) is 35.7 Å². The lowest BCUT2D eigenvalue weighted by Gasteiger charge is -2.16. The molecule has 0 unspecified atom stereocenters. The van der Waals surface area contributed by atoms with Gasteiger partial charge in [-0.15, -0.1) is 0 Å². The van der Waals surface area contributed by atoms with E-state index in [1.807, 2.05) is 30.3 Å². The number of furan rings is 1. The normalized spacial score (nSPS) is 16.7. The Morgan fingerprint density at radius 2 is 1.79 bits per heavy atom. The highest BCUT2D eigenvalue weighted by Crippen LogP contribution is 2.23. The van der Waals surface area contributed by atoms with Crippen molar-refractivity contribution in [2.24, 2.45) is 0 Å². The number of ketones is 1. The Kier molecular flexibility index (Phi) is 5.58. The van der Waals surface area contributed by atoms with E-state index >= 15 is 0 Å². The van der Waals surface area contributed by atoms with E-state index < -0.39 is 0 Å². The van der Waals surface area contributed by atoms with Crippen molar-refractivity contribution in [3.05, 3.63) is 83.6 Å². The Morgan fingerprint density at radius 3 is 2.52 bits per heavy atom. The molecule has 0 bridgehead atoms. The van der Waals surface area contributed by atoms with Crippen LogP contribution in [0.2, 0.25) is 0 Å². The number of nitrogens with zero attached hydrogens (tertiary/aromatic N) is 1. The summed E-state index contributed by atoms with van der Waals surface area (Å²) in [7, 11) is 0. The van der Waals surface area contributed by atoms with Crippen LogP contribution in [0.25, 0.3) is 11.3 Å². The average molecular weight is 388 g/mol. The van der Waals surface area contributed by atoms with Crippen molar-refractivity contribution in [3.63, 3.8) is 0 Å². The van der Waals surface area contributed by atoms with Gasteiger partial charge >= 0.3 is 0 Å². The van der Waals surface area contributed by atoms with E-state index in [0.29, 0.717) is 17.1 Å². The van der Waals surface area contributed by atoms with E-state index in [1.54, 1.807) is 24.3 Å². The number of benzene rings is 2. The summed E-state index contributed by atoms with van der Waals surface area (Å²) >= 11 is 0. The Hall–Kier alpha value is -3.18. The van der Waals surface area contributed by atoms with Crippen LogP contribution in [0.15, 0.2) is 71.1 Å². The van der Waals surface area contributed by atoms with Gasteiger partial charge in [0.05, 0.1) is 0 Å². The highest BCUT2D eigenvalue weighted by atomic mass is 16.3. The first kappa shape index (κ1) is 19.2. The molecule has 0 spiro atoms. The lowest BCUT2D eigenvalue weighted by molar-refractivity contribution is 0.0910. The summed E-state index contributed by atoms with van der Waals surface area (Å²) in [6, 6.07) is 21.2. The molecule has 0 aliphatic carbocycles. The molecule has 0 radical (unpaired) electrons. The first-order valence-electron chi connectivity index (χ1n) is 9.87. The van der Waals surface area contributed by atoms with Gasteiger partial charge < -0.3 is 9.73 Å². The van der Waals surface area contributed by atoms with Gasteiger partial charge in [-0.3, -0.25) is 14.5 Å². The highest BCUT2D eigenvalue weighted by Gasteiger charge is 2.25. The summed E-state index contributed by atoms with van der Waals surface area (Å²) in [5.74, 6) is 0.747. The zero-order chi connectivity index (χ0) is 20.2. The Morgan fingerprint density at radius 1 is 1.03 bits per heavy atom. The SMILES string of the molecule is CC(=O)c1ccc(-c2ccc(C(=O)N[C@@H]3CCN(Cc4ccccc4)C3)o2)cc1. The maximum atomic E-state index is 12.6. The quantitative estimate of drug-likeness (QED) is 0.644. The maximum Gasteiger partial charge on any atom is 0.287 e. The number of nitrogens with one attached hydrogen (secondary N) is 1. The standard InChI is InChI=1S/C24H24N2O3/c1-17(27)19-7-9-20(10-8-19)22-11-12-23(29-22)24(28)25-21-13-14-26(16-21)15-18-5-3-2-4-6-18/h2-12,21H,13-16H2,1H3,(H,25,28)/t21-/m1/s1. The number of hydrogen-bond donors (Lipinski definition) is 1. The van der Waals surface area contributed by atoms with Crippen molar-refractivity contribution in [3.8, 4) is 11.3 Å². The molecule has 1 aromatic heterocycles. The number of hydrogen-bond acceptors (Lipinski definition) is 4. The molecule has 148 valence electrons. The van der Waals surface area contributed by atoms with Gasteiger partial charge in [-0.2, -0.15) is 0 Å². The molecule has 2 heterocycles. The number of likely N-dealkylation sites (tertiary alicyclic amines) is 1. The predicted molar refractivity (Wildman–Crippen MR) is 112 cm³/mol. The molecule has 1 aliphatic rings. The zero-order valence-electron chi connectivity index (χ0n) is 16.4. The third-order valence-corrected chi connectivity index (χ3v) is 5.26. The maximum absolute atomic E-state index is 12.6. The molecule has 1 fully saturated rings. The second kappa shape index (κ2) is 8.45. The van der Waals surface area contributed by atoms with Gasteiger partial charge in [-0.05, 0) is 31.0 Å². The third-order valence-electron chi connectivity index (χ3n) is 5.26. The van der Waals surface area contributed by atoms with Crippen molar-refractivity contribution in [1.82, 2.24) is 10.2 Å². The summed E-state index contributed by atoms with van der Waals surface area (Å²) in [5, 5.41) is 3.08. The van der Waals surface area contributed by atoms with Crippen LogP contribution in [0.5, 0.6) is 0 Å². The Balaban J connectivity index is 1.34. The fourth-order valence-electron chi connectivity index (χ4n) is 3.68. The van der Waals surface area contributed by atoms with Gasteiger partial charge in [0, 0.05) is 36.8 Å². The zero-order valence-corrected chi connectivity index (χ0v) is 16.4. The minimum atomic E-state index is -0.192. The lowest BCUT2D eigenvalue weighted by atomic mass is 10.1. The second-order valence-corrected chi connectivity index (χ2v) is 7.48. The summed E-state index contributed by atoms with van der Waals surface area (Å²) < 4.78 is 5.75. The van der Waals surface area contributed by atoms with E-state index in [9.17, 15) is 9.59 Å². The first-order valence-corrected chi connectivity index (χ1v) is 9.87. The summed E-state index contributed by atoms with van der Waals surface area (Å²) in [4.78, 5) is 26.3. The molecular weight excluding hydrogens is 364 g/mol. The highest BCUT2D eigenvalue weighted by molar-refractivity contribution is 5.94. The molecule has 29 heavy (non-hydrogen) atoms. The smallest absolute Gasteiger partial charge is 0.287 e. The van der Waals surface area contributed by atoms with Gasteiger partial charge in [0.25, 0.3) is 5.91 Å². The van der Waals surface area contributed by atoms with E-state index in [2.05, 4.69) is 22.3 Å². The van der Waals surface area contributed by atoms with Gasteiger partial charge in [0.1, 0.15) is 5.76 Å². The Labute approximate surface area is 170 Å². The Bertz CT molecular complexity index is 992. The van der Waals surface area contributed by atoms with Crippen LogP contribution < -0.4 is 5.32 Å². The number of Topliss-reactive ketones (excluding diaryl/α,β-unsaturated/α-hetero) is 1. The number of amides is 1. The molecule has 5 heteroatoms. The molecule has 1 saturated heterocycles. The van der Waals surface area contributed by atoms with Gasteiger partial charge in [0.2, 0.25) is 0 Å². The van der Waals surface area contributed by atoms with Gasteiger partial charge in [-0.1, -0.05) is 54.6 Å². The number of rotatable bonds is 6. The van der Waals surface area contributed by atoms with Gasteiger partial charge in [0.15, 0.2) is 11.5 Å². The van der Waals surface area contributed by atoms with Crippen LogP contribution in [0.3, 0.4) is 0 Å². The monoisotopic (exact) mass is 388 g/mol. The van der Waals surface area contributed by atoms with Crippen LogP contribution in [0, 0.1) is 0 Å². The number of carbonyl (C=O) groups excluding carboxylic acids is 2. The molecule has 2 aromatic carbocycles. The molecule has 1 atom stereocenters. The molecule has 4 rings (SSSR count). The fourth-order valence-corrected chi connectivity index (χ4v) is 3.68. The summed E-state index contributed by atoms with van der Waals surface area (Å²) in [5.41, 5.74) is 2.77. The summed E-state index contributed by atoms with van der Waals surface area (Å²) in [6.07, 6.45) is 0.929. The van der Waals surface area contributed by atoms with Crippen molar-refractivity contribution in [2.45, 2.75) is 25.9 Å². The largest absolute Gasteiger partial charge is 0.451 e. The fraction of sp³-hybridized carbons (Fsp3) is 0.250. The van der Waals surface area contributed by atoms with E-state index in [0.717, 1.165) is 31.6 Å². The lowest BCUT2D eigenvalue weighted by Crippen LogP contribution is -2.36. The molecule has 1 amide bonds. The van der Waals surface area contributed by atoms with Crippen LogP contribution >= 0.6 is 0 Å². The van der Waals surface area contributed by atoms with E-state index in [-0.39, 0.29) is 17.7 Å². The first-order chi connectivity index (χ1) is 14.1. The van der Waals surface area contributed by atoms with Crippen LogP contribution in [-0.2, 0) is 6.54 Å². The molecule has 5 nitrogen and oxygen atoms in total. The predicted octanol–water partition coefficient (Wildman–Crippen LogP) is 4.15. The summed E-state index contributed by atoms with van der Waals surface area (Å²) in [6.45, 7) is 4.23. The molecule has 3 aromatic rings. The van der Waals surface area contributed by atoms with E-state index in [4.69, 9.17) is 4.42 Å². The molecule has 1 N–H and O–H groups in total. The van der Waals surface area contributed by atoms with Crippen molar-refractivity contribution < 1.29 is 14.0 Å². The average Bonchev–Trinajstić information content (AvgIpc) is 3.39. The van der Waals surface area contributed by atoms with E-state index in [1.165, 1.54) is 12.5 Å². The van der Waals surface area contributed by atoms with Crippen LogP contribution in [0.1, 0.15) is 39.8 Å². The molecular formula is C24H24N2O3. The van der Waals surface area contributed by atoms with Crippen molar-refractivity contribution >= 4 is 11.7 Å².